The Labute approximate surface area is 94.3 Å². The van der Waals surface area contributed by atoms with E-state index < -0.39 is 12.0 Å². The van der Waals surface area contributed by atoms with Crippen LogP contribution in [0.15, 0.2) is 30.3 Å². The van der Waals surface area contributed by atoms with Gasteiger partial charge in [-0.3, -0.25) is 4.79 Å². The van der Waals surface area contributed by atoms with Gasteiger partial charge >= 0.3 is 5.97 Å². The number of hydrogen-bond donors (Lipinski definition) is 2. The summed E-state index contributed by atoms with van der Waals surface area (Å²) in [7, 11) is 0. The number of carboxylic acids is 1. The number of aliphatic carboxylic acids is 1. The molecule has 1 amide bonds. The highest BCUT2D eigenvalue weighted by Crippen LogP contribution is 2.12. The van der Waals surface area contributed by atoms with Gasteiger partial charge in [0.15, 0.2) is 6.04 Å². The monoisotopic (exact) mass is 221 g/mol. The van der Waals surface area contributed by atoms with E-state index in [-0.39, 0.29) is 5.91 Å². The van der Waals surface area contributed by atoms with Gasteiger partial charge in [-0.2, -0.15) is 0 Å². The Morgan fingerprint density at radius 2 is 1.94 bits per heavy atom. The minimum Gasteiger partial charge on any atom is -0.479 e. The molecule has 0 aliphatic carbocycles. The molecule has 0 aliphatic heterocycles. The zero-order valence-electron chi connectivity index (χ0n) is 9.14. The summed E-state index contributed by atoms with van der Waals surface area (Å²) in [6, 6.07) is 7.71. The van der Waals surface area contributed by atoms with Crippen molar-refractivity contribution in [2.75, 3.05) is 0 Å². The lowest BCUT2D eigenvalue weighted by atomic mass is 10.1. The quantitative estimate of drug-likeness (QED) is 0.795. The zero-order chi connectivity index (χ0) is 12.0. The summed E-state index contributed by atoms with van der Waals surface area (Å²) in [5, 5.41) is 11.5. The highest BCUT2D eigenvalue weighted by atomic mass is 16.4. The molecule has 0 fully saturated rings. The molecular weight excluding hydrogens is 206 g/mol. The molecule has 4 heteroatoms. The largest absolute Gasteiger partial charge is 0.479 e. The van der Waals surface area contributed by atoms with E-state index in [0.29, 0.717) is 18.4 Å². The summed E-state index contributed by atoms with van der Waals surface area (Å²) in [6.45, 7) is 1.87. The molecule has 2 N–H and O–H groups in total. The molecule has 0 aliphatic rings. The smallest absolute Gasteiger partial charge is 0.330 e. The van der Waals surface area contributed by atoms with Crippen molar-refractivity contribution in [3.05, 3.63) is 35.9 Å². The first kappa shape index (κ1) is 12.2. The van der Waals surface area contributed by atoms with Gasteiger partial charge in [-0.25, -0.2) is 4.79 Å². The molecule has 0 radical (unpaired) electrons. The Morgan fingerprint density at radius 1 is 1.31 bits per heavy atom. The van der Waals surface area contributed by atoms with Crippen LogP contribution in [0, 0.1) is 0 Å². The number of carboxylic acid groups (broad SMARTS) is 1. The highest BCUT2D eigenvalue weighted by molar-refractivity contribution is 5.84. The molecule has 1 atom stereocenters. The molecule has 0 saturated carbocycles. The molecule has 86 valence electrons. The van der Waals surface area contributed by atoms with Crippen LogP contribution >= 0.6 is 0 Å². The Kier molecular flexibility index (Phi) is 4.51. The standard InChI is InChI=1S/C12H15NO3/c1-2-6-10(14)13-11(12(15)16)9-7-4-3-5-8-9/h3-5,7-8,11H,2,6H2,1H3,(H,13,14)(H,15,16). The van der Waals surface area contributed by atoms with Crippen LogP contribution in [0.4, 0.5) is 0 Å². The molecule has 16 heavy (non-hydrogen) atoms. The van der Waals surface area contributed by atoms with Gasteiger partial charge in [-0.1, -0.05) is 37.3 Å². The molecule has 0 heterocycles. The van der Waals surface area contributed by atoms with E-state index in [2.05, 4.69) is 5.32 Å². The summed E-state index contributed by atoms with van der Waals surface area (Å²) in [5.74, 6) is -1.28. The molecular formula is C12H15NO3. The SMILES string of the molecule is CCCC(=O)NC(C(=O)O)c1ccccc1. The van der Waals surface area contributed by atoms with Gasteiger partial charge in [-0.15, -0.1) is 0 Å². The molecule has 0 aromatic heterocycles. The van der Waals surface area contributed by atoms with E-state index >= 15 is 0 Å². The molecule has 1 aromatic carbocycles. The molecule has 0 bridgehead atoms. The maximum Gasteiger partial charge on any atom is 0.330 e. The van der Waals surface area contributed by atoms with Crippen LogP contribution in [0.2, 0.25) is 0 Å². The average molecular weight is 221 g/mol. The van der Waals surface area contributed by atoms with Gasteiger partial charge in [0.2, 0.25) is 5.91 Å². The van der Waals surface area contributed by atoms with E-state index in [1.165, 1.54) is 0 Å². The third-order valence-electron chi connectivity index (χ3n) is 2.16. The fraction of sp³-hybridized carbons (Fsp3) is 0.333. The number of hydrogen-bond acceptors (Lipinski definition) is 2. The third-order valence-corrected chi connectivity index (χ3v) is 2.16. The molecule has 0 saturated heterocycles. The predicted molar refractivity (Wildman–Crippen MR) is 59.9 cm³/mol. The van der Waals surface area contributed by atoms with E-state index in [0.717, 1.165) is 0 Å². The van der Waals surface area contributed by atoms with Gasteiger partial charge < -0.3 is 10.4 Å². The van der Waals surface area contributed by atoms with Crippen molar-refractivity contribution in [3.63, 3.8) is 0 Å². The second kappa shape index (κ2) is 5.90. The predicted octanol–water partition coefficient (Wildman–Crippen LogP) is 1.73. The van der Waals surface area contributed by atoms with Crippen molar-refractivity contribution < 1.29 is 14.7 Å². The Balaban J connectivity index is 2.77. The van der Waals surface area contributed by atoms with E-state index in [4.69, 9.17) is 5.11 Å². The minimum atomic E-state index is -1.05. The number of carbonyl (C=O) groups is 2. The van der Waals surface area contributed by atoms with Crippen molar-refractivity contribution in [3.8, 4) is 0 Å². The van der Waals surface area contributed by atoms with Crippen LogP contribution in [0.3, 0.4) is 0 Å². The molecule has 1 unspecified atom stereocenters. The van der Waals surface area contributed by atoms with Gasteiger partial charge in [0.1, 0.15) is 0 Å². The van der Waals surface area contributed by atoms with Gasteiger partial charge in [-0.05, 0) is 12.0 Å². The summed E-state index contributed by atoms with van der Waals surface area (Å²) < 4.78 is 0. The maximum atomic E-state index is 11.4. The second-order valence-corrected chi connectivity index (χ2v) is 3.50. The highest BCUT2D eigenvalue weighted by Gasteiger charge is 2.20. The van der Waals surface area contributed by atoms with Crippen LogP contribution < -0.4 is 5.32 Å². The minimum absolute atomic E-state index is 0.237. The first-order valence-corrected chi connectivity index (χ1v) is 5.22. The van der Waals surface area contributed by atoms with Crippen LogP contribution in [-0.2, 0) is 9.59 Å². The zero-order valence-corrected chi connectivity index (χ0v) is 9.14. The third kappa shape index (κ3) is 3.38. The Bertz CT molecular complexity index is 362. The second-order valence-electron chi connectivity index (χ2n) is 3.50. The first-order valence-electron chi connectivity index (χ1n) is 5.22. The van der Waals surface area contributed by atoms with Gasteiger partial charge in [0, 0.05) is 6.42 Å². The molecule has 1 rings (SSSR count). The van der Waals surface area contributed by atoms with Crippen LogP contribution in [0.1, 0.15) is 31.4 Å². The van der Waals surface area contributed by atoms with Crippen molar-refractivity contribution in [2.45, 2.75) is 25.8 Å². The van der Waals surface area contributed by atoms with Gasteiger partial charge in [0.25, 0.3) is 0 Å². The first-order chi connectivity index (χ1) is 7.65. The number of nitrogens with one attached hydrogen (secondary N) is 1. The van der Waals surface area contributed by atoms with Crippen LogP contribution in [0.5, 0.6) is 0 Å². The lowest BCUT2D eigenvalue weighted by Crippen LogP contribution is -2.33. The topological polar surface area (TPSA) is 66.4 Å². The van der Waals surface area contributed by atoms with E-state index in [1.54, 1.807) is 30.3 Å². The lowest BCUT2D eigenvalue weighted by molar-refractivity contribution is -0.142. The van der Waals surface area contributed by atoms with Crippen molar-refractivity contribution in [1.82, 2.24) is 5.32 Å². The van der Waals surface area contributed by atoms with Crippen LogP contribution in [-0.4, -0.2) is 17.0 Å². The van der Waals surface area contributed by atoms with E-state index in [9.17, 15) is 9.59 Å². The average Bonchev–Trinajstić information content (AvgIpc) is 2.27. The fourth-order valence-electron chi connectivity index (χ4n) is 1.39. The van der Waals surface area contributed by atoms with Gasteiger partial charge in [0.05, 0.1) is 0 Å². The Hall–Kier alpha value is -1.84. The molecule has 0 spiro atoms. The maximum absolute atomic E-state index is 11.4. The number of rotatable bonds is 5. The Morgan fingerprint density at radius 3 is 2.44 bits per heavy atom. The van der Waals surface area contributed by atoms with Crippen molar-refractivity contribution >= 4 is 11.9 Å². The molecule has 1 aromatic rings. The number of carbonyl (C=O) groups excluding carboxylic acids is 1. The van der Waals surface area contributed by atoms with Crippen LogP contribution in [0.25, 0.3) is 0 Å². The number of benzene rings is 1. The summed E-state index contributed by atoms with van der Waals surface area (Å²) in [6.07, 6.45) is 1.05. The molecule has 4 nitrogen and oxygen atoms in total. The summed E-state index contributed by atoms with van der Waals surface area (Å²) in [4.78, 5) is 22.4. The normalized spacial score (nSPS) is 11.8. The lowest BCUT2D eigenvalue weighted by Gasteiger charge is -2.14. The number of amides is 1. The van der Waals surface area contributed by atoms with Crippen molar-refractivity contribution in [1.29, 1.82) is 0 Å². The summed E-state index contributed by atoms with van der Waals surface area (Å²) in [5.41, 5.74) is 0.583. The van der Waals surface area contributed by atoms with Crippen molar-refractivity contribution in [2.24, 2.45) is 0 Å². The van der Waals surface area contributed by atoms with E-state index in [1.807, 2.05) is 6.92 Å². The fourth-order valence-corrected chi connectivity index (χ4v) is 1.39. The summed E-state index contributed by atoms with van der Waals surface area (Å²) >= 11 is 0.